The van der Waals surface area contributed by atoms with Crippen LogP contribution in [0.2, 0.25) is 0 Å². The maximum Gasteiger partial charge on any atom is 0.0794 e. The smallest absolute Gasteiger partial charge is 0.0794 e. The second-order valence-corrected chi connectivity index (χ2v) is 4.91. The van der Waals surface area contributed by atoms with Gasteiger partial charge in [-0.15, -0.1) is 11.8 Å². The van der Waals surface area contributed by atoms with Gasteiger partial charge in [0.1, 0.15) is 0 Å². The van der Waals surface area contributed by atoms with Crippen molar-refractivity contribution in [2.45, 2.75) is 32.7 Å². The van der Waals surface area contributed by atoms with Gasteiger partial charge in [-0.1, -0.05) is 13.2 Å². The van der Waals surface area contributed by atoms with Crippen molar-refractivity contribution in [1.82, 2.24) is 4.90 Å². The van der Waals surface area contributed by atoms with Crippen molar-refractivity contribution in [2.75, 3.05) is 12.8 Å². The highest BCUT2D eigenvalue weighted by Crippen LogP contribution is 2.25. The summed E-state index contributed by atoms with van der Waals surface area (Å²) >= 11 is 1.64. The van der Waals surface area contributed by atoms with Gasteiger partial charge in [-0.05, 0) is 32.9 Å². The van der Waals surface area contributed by atoms with E-state index in [0.717, 1.165) is 23.0 Å². The number of aliphatic imine (C=N–C) groups is 1. The Balaban J connectivity index is 2.64. The van der Waals surface area contributed by atoms with Gasteiger partial charge in [0.05, 0.1) is 16.4 Å². The molecule has 1 heterocycles. The average Bonchev–Trinajstić information content (AvgIpc) is 2.63. The second-order valence-electron chi connectivity index (χ2n) is 3.91. The molecule has 1 fully saturated rings. The van der Waals surface area contributed by atoms with Gasteiger partial charge in [0.2, 0.25) is 0 Å². The third-order valence-corrected chi connectivity index (χ3v) is 3.50. The lowest BCUT2D eigenvalue weighted by molar-refractivity contribution is 0.347. The summed E-state index contributed by atoms with van der Waals surface area (Å²) in [4.78, 5) is 6.72. The maximum atomic E-state index is 4.42. The zero-order valence-corrected chi connectivity index (χ0v) is 10.7. The minimum Gasteiger partial charge on any atom is -0.368 e. The fraction of sp³-hybridized carbons (Fsp3) is 0.583. The van der Waals surface area contributed by atoms with Crippen molar-refractivity contribution < 1.29 is 0 Å². The van der Waals surface area contributed by atoms with Gasteiger partial charge in [-0.25, -0.2) is 4.99 Å². The Hall–Kier alpha value is -0.700. The van der Waals surface area contributed by atoms with E-state index in [9.17, 15) is 0 Å². The quantitative estimate of drug-likeness (QED) is 0.415. The SMILES string of the molecule is C=C(N=C(C)SC)C(=C)N1CCCC1C. The van der Waals surface area contributed by atoms with Crippen LogP contribution in [0.15, 0.2) is 29.5 Å². The second kappa shape index (κ2) is 5.40. The lowest BCUT2D eigenvalue weighted by Crippen LogP contribution is -2.26. The summed E-state index contributed by atoms with van der Waals surface area (Å²) in [7, 11) is 0. The summed E-state index contributed by atoms with van der Waals surface area (Å²) in [5.41, 5.74) is 1.78. The summed E-state index contributed by atoms with van der Waals surface area (Å²) in [5, 5.41) is 1.04. The molecule has 0 aromatic rings. The van der Waals surface area contributed by atoms with E-state index >= 15 is 0 Å². The number of likely N-dealkylation sites (tertiary alicyclic amines) is 1. The zero-order valence-electron chi connectivity index (χ0n) is 9.92. The first-order valence-corrected chi connectivity index (χ1v) is 6.53. The van der Waals surface area contributed by atoms with Crippen molar-refractivity contribution in [3.63, 3.8) is 0 Å². The van der Waals surface area contributed by atoms with Crippen molar-refractivity contribution in [2.24, 2.45) is 4.99 Å². The molecule has 0 aromatic heterocycles. The Morgan fingerprint density at radius 1 is 1.47 bits per heavy atom. The van der Waals surface area contributed by atoms with Crippen molar-refractivity contribution in [1.29, 1.82) is 0 Å². The summed E-state index contributed by atoms with van der Waals surface area (Å²) in [5.74, 6) is 0. The molecule has 1 rings (SSSR count). The Bertz CT molecular complexity index is 294. The lowest BCUT2D eigenvalue weighted by Gasteiger charge is -2.25. The summed E-state index contributed by atoms with van der Waals surface area (Å²) in [6, 6.07) is 0.582. The van der Waals surface area contributed by atoms with Gasteiger partial charge in [-0.2, -0.15) is 0 Å². The van der Waals surface area contributed by atoms with Crippen LogP contribution in [0.1, 0.15) is 26.7 Å². The van der Waals surface area contributed by atoms with Crippen LogP contribution in [-0.2, 0) is 0 Å². The van der Waals surface area contributed by atoms with E-state index < -0.39 is 0 Å². The number of rotatable bonds is 3. The van der Waals surface area contributed by atoms with E-state index in [4.69, 9.17) is 0 Å². The average molecular weight is 224 g/mol. The minimum atomic E-state index is 0.582. The highest BCUT2D eigenvalue weighted by molar-refractivity contribution is 8.13. The molecule has 0 N–H and O–H groups in total. The molecule has 0 aliphatic carbocycles. The van der Waals surface area contributed by atoms with E-state index in [1.807, 2.05) is 13.2 Å². The predicted octanol–water partition coefficient (Wildman–Crippen LogP) is 3.28. The first-order valence-electron chi connectivity index (χ1n) is 5.30. The fourth-order valence-electron chi connectivity index (χ4n) is 1.80. The van der Waals surface area contributed by atoms with Crippen LogP contribution in [0, 0.1) is 0 Å². The molecule has 0 radical (unpaired) electrons. The van der Waals surface area contributed by atoms with E-state index in [2.05, 4.69) is 30.0 Å². The molecule has 1 aliphatic rings. The molecule has 1 aliphatic heterocycles. The van der Waals surface area contributed by atoms with Crippen LogP contribution in [0.25, 0.3) is 0 Å². The number of hydrogen-bond donors (Lipinski definition) is 0. The molecule has 3 heteroatoms. The molecule has 0 bridgehead atoms. The monoisotopic (exact) mass is 224 g/mol. The normalized spacial score (nSPS) is 21.9. The number of thioether (sulfide) groups is 1. The topological polar surface area (TPSA) is 15.6 Å². The maximum absolute atomic E-state index is 4.42. The van der Waals surface area contributed by atoms with Crippen LogP contribution in [-0.4, -0.2) is 28.8 Å². The largest absolute Gasteiger partial charge is 0.368 e. The Kier molecular flexibility index (Phi) is 4.45. The van der Waals surface area contributed by atoms with Crippen LogP contribution < -0.4 is 0 Å². The number of hydrogen-bond acceptors (Lipinski definition) is 3. The van der Waals surface area contributed by atoms with Gasteiger partial charge in [0.15, 0.2) is 0 Å². The van der Waals surface area contributed by atoms with Crippen LogP contribution in [0.4, 0.5) is 0 Å². The molecule has 84 valence electrons. The molecule has 0 amide bonds. The van der Waals surface area contributed by atoms with Gasteiger partial charge >= 0.3 is 0 Å². The zero-order chi connectivity index (χ0) is 11.4. The third kappa shape index (κ3) is 3.13. The summed E-state index contributed by atoms with van der Waals surface area (Å²) < 4.78 is 0. The molecule has 0 aromatic carbocycles. The molecular weight excluding hydrogens is 204 g/mol. The van der Waals surface area contributed by atoms with Gasteiger partial charge in [0.25, 0.3) is 0 Å². The molecule has 0 spiro atoms. The van der Waals surface area contributed by atoms with Gasteiger partial charge in [-0.3, -0.25) is 0 Å². The summed E-state index contributed by atoms with van der Waals surface area (Å²) in [6.07, 6.45) is 4.52. The molecule has 1 saturated heterocycles. The van der Waals surface area contributed by atoms with E-state index in [1.165, 1.54) is 12.8 Å². The number of nitrogens with zero attached hydrogens (tertiary/aromatic N) is 2. The summed E-state index contributed by atoms with van der Waals surface area (Å²) in [6.45, 7) is 13.4. The Morgan fingerprint density at radius 3 is 2.60 bits per heavy atom. The van der Waals surface area contributed by atoms with Crippen molar-refractivity contribution in [3.8, 4) is 0 Å². The molecular formula is C12H20N2S. The van der Waals surface area contributed by atoms with Crippen molar-refractivity contribution >= 4 is 16.8 Å². The van der Waals surface area contributed by atoms with Crippen LogP contribution in [0.5, 0.6) is 0 Å². The van der Waals surface area contributed by atoms with E-state index in [-0.39, 0.29) is 0 Å². The van der Waals surface area contributed by atoms with E-state index in [1.54, 1.807) is 11.8 Å². The van der Waals surface area contributed by atoms with E-state index in [0.29, 0.717) is 6.04 Å². The third-order valence-electron chi connectivity index (χ3n) is 2.82. The van der Waals surface area contributed by atoms with Crippen LogP contribution >= 0.6 is 11.8 Å². The van der Waals surface area contributed by atoms with Crippen molar-refractivity contribution in [3.05, 3.63) is 24.6 Å². The molecule has 0 saturated carbocycles. The Morgan fingerprint density at radius 2 is 2.13 bits per heavy atom. The first-order chi connectivity index (χ1) is 7.06. The molecule has 1 atom stereocenters. The molecule has 1 unspecified atom stereocenters. The predicted molar refractivity (Wildman–Crippen MR) is 70.3 cm³/mol. The van der Waals surface area contributed by atoms with Crippen LogP contribution in [0.3, 0.4) is 0 Å². The lowest BCUT2D eigenvalue weighted by atomic mass is 10.2. The highest BCUT2D eigenvalue weighted by Gasteiger charge is 2.22. The Labute approximate surface area is 97.1 Å². The first kappa shape index (κ1) is 12.4. The van der Waals surface area contributed by atoms with Gasteiger partial charge in [0, 0.05) is 12.6 Å². The highest BCUT2D eigenvalue weighted by atomic mass is 32.2. The minimum absolute atomic E-state index is 0.582. The molecule has 2 nitrogen and oxygen atoms in total. The molecule has 15 heavy (non-hydrogen) atoms. The standard InChI is InChI=1S/C12H20N2S/c1-9-7-6-8-14(9)11(3)10(2)13-12(4)15-5/h9H,2-3,6-8H2,1,4-5H3. The van der Waals surface area contributed by atoms with Gasteiger partial charge < -0.3 is 4.90 Å². The fourth-order valence-corrected chi connectivity index (χ4v) is 2.00.